The number of carbonyl (C=O) groups excluding carboxylic acids is 3. The van der Waals surface area contributed by atoms with Gasteiger partial charge in [0.15, 0.2) is 0 Å². The number of carbonyl (C=O) groups is 3. The van der Waals surface area contributed by atoms with Crippen LogP contribution in [-0.4, -0.2) is 69.5 Å². The van der Waals surface area contributed by atoms with Crippen molar-refractivity contribution >= 4 is 17.8 Å². The van der Waals surface area contributed by atoms with E-state index >= 15 is 0 Å². The number of hydrogen-bond acceptors (Lipinski definition) is 4. The molecule has 1 N–H and O–H groups in total. The van der Waals surface area contributed by atoms with Crippen LogP contribution < -0.4 is 5.32 Å². The molecule has 3 aromatic carbocycles. The second kappa shape index (κ2) is 12.1. The first-order valence-electron chi connectivity index (χ1n) is 13.6. The lowest BCUT2D eigenvalue weighted by atomic mass is 10.00. The fraction of sp³-hybridized carbons (Fsp3) is 0.323. The number of hydrogen-bond donors (Lipinski definition) is 1. The smallest absolute Gasteiger partial charge is 0.332 e. The molecule has 0 radical (unpaired) electrons. The molecule has 2 aliphatic rings. The maximum atomic E-state index is 13.8. The van der Waals surface area contributed by atoms with E-state index in [-0.39, 0.29) is 24.4 Å². The molecule has 0 bridgehead atoms. The summed E-state index contributed by atoms with van der Waals surface area (Å²) in [5.41, 5.74) is 3.02. The quantitative estimate of drug-likeness (QED) is 0.463. The van der Waals surface area contributed by atoms with Gasteiger partial charge in [0.2, 0.25) is 11.8 Å². The van der Waals surface area contributed by atoms with Gasteiger partial charge in [-0.3, -0.25) is 14.6 Å². The van der Waals surface area contributed by atoms with E-state index in [9.17, 15) is 14.4 Å². The van der Waals surface area contributed by atoms with Gasteiger partial charge >= 0.3 is 6.03 Å². The Hall–Kier alpha value is -4.17. The van der Waals surface area contributed by atoms with Gasteiger partial charge in [-0.25, -0.2) is 4.79 Å². The fourth-order valence-corrected chi connectivity index (χ4v) is 5.45. The van der Waals surface area contributed by atoms with Gasteiger partial charge < -0.3 is 15.1 Å². The number of fused-ring (bicyclic) bond motifs is 1. The molecule has 0 spiro atoms. The third-order valence-corrected chi connectivity index (χ3v) is 7.32. The number of nitrogens with zero attached hydrogens (tertiary/aromatic N) is 4. The predicted octanol–water partition coefficient (Wildman–Crippen LogP) is 3.65. The number of piperazine rings is 1. The Morgan fingerprint density at radius 1 is 0.872 bits per heavy atom. The van der Waals surface area contributed by atoms with Crippen LogP contribution in [0.15, 0.2) is 91.0 Å². The Balaban J connectivity index is 1.42. The monoisotopic (exact) mass is 525 g/mol. The van der Waals surface area contributed by atoms with E-state index < -0.39 is 12.2 Å². The summed E-state index contributed by atoms with van der Waals surface area (Å²) in [6.07, 6.45) is 0.729. The number of nitrogens with one attached hydrogen (secondary N) is 1. The lowest BCUT2D eigenvalue weighted by molar-refractivity contribution is -0.157. The minimum absolute atomic E-state index is 0.0567. The van der Waals surface area contributed by atoms with Gasteiger partial charge in [0.05, 0.1) is 13.1 Å². The van der Waals surface area contributed by atoms with Crippen LogP contribution in [0.1, 0.15) is 30.0 Å². The van der Waals surface area contributed by atoms with Crippen molar-refractivity contribution in [2.24, 2.45) is 0 Å². The van der Waals surface area contributed by atoms with Crippen molar-refractivity contribution in [2.75, 3.05) is 19.6 Å². The van der Waals surface area contributed by atoms with Crippen LogP contribution in [0.4, 0.5) is 4.79 Å². The Bertz CT molecular complexity index is 1270. The summed E-state index contributed by atoms with van der Waals surface area (Å²) in [4.78, 5) is 44.3. The Labute approximate surface area is 229 Å². The Morgan fingerprint density at radius 3 is 2.08 bits per heavy atom. The molecule has 2 aliphatic heterocycles. The summed E-state index contributed by atoms with van der Waals surface area (Å²) < 4.78 is 0. The molecule has 8 heteroatoms. The molecule has 2 heterocycles. The van der Waals surface area contributed by atoms with E-state index in [0.717, 1.165) is 23.1 Å². The molecule has 3 aromatic rings. The SMILES string of the molecule is CCCN(C(=O)NCc1ccccc1)N1CC(=O)N2[C@@H](Cc3ccccc3)C(=O)N(Cc3ccccc3)C[C@@H]21. The molecule has 202 valence electrons. The highest BCUT2D eigenvalue weighted by Gasteiger charge is 2.52. The van der Waals surface area contributed by atoms with Crippen molar-refractivity contribution in [3.8, 4) is 0 Å². The van der Waals surface area contributed by atoms with Crippen LogP contribution in [0.5, 0.6) is 0 Å². The zero-order valence-corrected chi connectivity index (χ0v) is 22.3. The van der Waals surface area contributed by atoms with E-state index in [1.54, 1.807) is 9.91 Å². The molecule has 2 fully saturated rings. The van der Waals surface area contributed by atoms with Crippen molar-refractivity contribution in [1.29, 1.82) is 0 Å². The van der Waals surface area contributed by atoms with Crippen LogP contribution in [0.25, 0.3) is 0 Å². The van der Waals surface area contributed by atoms with Crippen LogP contribution >= 0.6 is 0 Å². The van der Waals surface area contributed by atoms with E-state index in [2.05, 4.69) is 5.32 Å². The standard InChI is InChI=1S/C31H35N5O3/c1-2-18-34(31(39)32-20-25-14-8-4-9-15-25)35-23-29(37)36-27(19-24-12-6-3-7-13-24)30(38)33(22-28(35)36)21-26-16-10-5-11-17-26/h3-17,27-28H,2,18-23H2,1H3,(H,32,39)/t27-,28+/m0/s1. The molecule has 0 aromatic heterocycles. The van der Waals surface area contributed by atoms with Crippen LogP contribution in [0.2, 0.25) is 0 Å². The molecule has 0 aliphatic carbocycles. The summed E-state index contributed by atoms with van der Waals surface area (Å²) in [5, 5.41) is 6.53. The number of urea groups is 1. The van der Waals surface area contributed by atoms with Gasteiger partial charge in [0.25, 0.3) is 0 Å². The summed E-state index contributed by atoms with van der Waals surface area (Å²) in [6, 6.07) is 28.5. The van der Waals surface area contributed by atoms with Gasteiger partial charge in [-0.05, 0) is 23.1 Å². The Morgan fingerprint density at radius 2 is 1.46 bits per heavy atom. The highest BCUT2D eigenvalue weighted by molar-refractivity contribution is 5.91. The van der Waals surface area contributed by atoms with E-state index in [4.69, 9.17) is 0 Å². The summed E-state index contributed by atoms with van der Waals surface area (Å²) in [6.45, 7) is 3.71. The molecule has 0 unspecified atom stereocenters. The highest BCUT2D eigenvalue weighted by atomic mass is 16.2. The van der Waals surface area contributed by atoms with E-state index in [1.165, 1.54) is 0 Å². The van der Waals surface area contributed by atoms with Crippen molar-refractivity contribution in [3.63, 3.8) is 0 Å². The van der Waals surface area contributed by atoms with Gasteiger partial charge in [-0.1, -0.05) is 97.9 Å². The minimum Gasteiger partial charge on any atom is -0.333 e. The topological polar surface area (TPSA) is 76.2 Å². The third kappa shape index (κ3) is 5.96. The van der Waals surface area contributed by atoms with Crippen molar-refractivity contribution in [2.45, 2.75) is 45.1 Å². The van der Waals surface area contributed by atoms with Gasteiger partial charge in [0.1, 0.15) is 12.2 Å². The molecular formula is C31H35N5O3. The van der Waals surface area contributed by atoms with Crippen molar-refractivity contribution in [3.05, 3.63) is 108 Å². The first-order chi connectivity index (χ1) is 19.0. The molecule has 39 heavy (non-hydrogen) atoms. The number of hydrazine groups is 1. The normalized spacial score (nSPS) is 19.2. The molecule has 4 amide bonds. The van der Waals surface area contributed by atoms with Crippen LogP contribution in [0.3, 0.4) is 0 Å². The Kier molecular flexibility index (Phi) is 8.22. The molecule has 2 saturated heterocycles. The second-order valence-corrected chi connectivity index (χ2v) is 10.1. The molecule has 5 rings (SSSR count). The zero-order chi connectivity index (χ0) is 27.2. The zero-order valence-electron chi connectivity index (χ0n) is 22.3. The summed E-state index contributed by atoms with van der Waals surface area (Å²) in [7, 11) is 0. The van der Waals surface area contributed by atoms with Crippen LogP contribution in [0, 0.1) is 0 Å². The van der Waals surface area contributed by atoms with Gasteiger partial charge in [-0.15, -0.1) is 0 Å². The summed E-state index contributed by atoms with van der Waals surface area (Å²) in [5.74, 6) is -0.199. The van der Waals surface area contributed by atoms with E-state index in [0.29, 0.717) is 32.6 Å². The average molecular weight is 526 g/mol. The number of amides is 4. The lowest BCUT2D eigenvalue weighted by Crippen LogP contribution is -2.66. The average Bonchev–Trinajstić information content (AvgIpc) is 3.29. The predicted molar refractivity (Wildman–Crippen MR) is 149 cm³/mol. The van der Waals surface area contributed by atoms with E-state index in [1.807, 2.05) is 108 Å². The molecule has 8 nitrogen and oxygen atoms in total. The van der Waals surface area contributed by atoms with Crippen molar-refractivity contribution < 1.29 is 14.4 Å². The first kappa shape index (κ1) is 26.4. The first-order valence-corrected chi connectivity index (χ1v) is 13.6. The fourth-order valence-electron chi connectivity index (χ4n) is 5.45. The lowest BCUT2D eigenvalue weighted by Gasteiger charge is -2.46. The maximum absolute atomic E-state index is 13.8. The van der Waals surface area contributed by atoms with Crippen molar-refractivity contribution in [1.82, 2.24) is 25.1 Å². The molecular weight excluding hydrogens is 490 g/mol. The van der Waals surface area contributed by atoms with Gasteiger partial charge in [0, 0.05) is 26.1 Å². The molecule has 2 atom stereocenters. The summed E-state index contributed by atoms with van der Waals surface area (Å²) >= 11 is 0. The minimum atomic E-state index is -0.636. The highest BCUT2D eigenvalue weighted by Crippen LogP contribution is 2.30. The van der Waals surface area contributed by atoms with Gasteiger partial charge in [-0.2, -0.15) is 5.01 Å². The number of rotatable bonds is 9. The largest absolute Gasteiger partial charge is 0.333 e. The van der Waals surface area contributed by atoms with Crippen LogP contribution in [-0.2, 0) is 29.1 Å². The maximum Gasteiger partial charge on any atom is 0.332 e. The number of benzene rings is 3. The third-order valence-electron chi connectivity index (χ3n) is 7.32. The second-order valence-electron chi connectivity index (χ2n) is 10.1. The molecule has 0 saturated carbocycles.